The summed E-state index contributed by atoms with van der Waals surface area (Å²) < 4.78 is 0. The monoisotopic (exact) mass is 273 g/mol. The fraction of sp³-hybridized carbons (Fsp3) is 0.706. The molecule has 1 aliphatic heterocycles. The number of piperidine rings is 1. The van der Waals surface area contributed by atoms with Crippen molar-refractivity contribution in [3.8, 4) is 0 Å². The Morgan fingerprint density at radius 1 is 1.25 bits per heavy atom. The second-order valence-electron chi connectivity index (χ2n) is 6.30. The lowest BCUT2D eigenvalue weighted by molar-refractivity contribution is 0.146. The molecule has 3 rings (SSSR count). The van der Waals surface area contributed by atoms with Crippen LogP contribution in [0.15, 0.2) is 18.3 Å². The molecule has 1 aliphatic carbocycles. The predicted molar refractivity (Wildman–Crippen MR) is 84.0 cm³/mol. The van der Waals surface area contributed by atoms with Gasteiger partial charge in [-0.25, -0.2) is 4.98 Å². The molecule has 1 N–H and O–H groups in total. The van der Waals surface area contributed by atoms with E-state index in [1.54, 1.807) is 0 Å². The molecular formula is C17H27N3. The third-order valence-corrected chi connectivity index (χ3v) is 4.51. The Morgan fingerprint density at radius 2 is 2.15 bits per heavy atom. The fourth-order valence-corrected chi connectivity index (χ4v) is 3.12. The Kier molecular flexibility index (Phi) is 4.56. The van der Waals surface area contributed by atoms with Gasteiger partial charge in [0.15, 0.2) is 0 Å². The molecule has 20 heavy (non-hydrogen) atoms. The molecule has 1 atom stereocenters. The van der Waals surface area contributed by atoms with Crippen molar-refractivity contribution in [1.29, 1.82) is 0 Å². The maximum atomic E-state index is 4.61. The van der Waals surface area contributed by atoms with Gasteiger partial charge in [-0.1, -0.05) is 25.8 Å². The summed E-state index contributed by atoms with van der Waals surface area (Å²) in [5.41, 5.74) is 1.40. The molecule has 110 valence electrons. The van der Waals surface area contributed by atoms with Crippen molar-refractivity contribution < 1.29 is 0 Å². The SMILES string of the molecule is CCCCN1CCCC[C@H]1c1ccc(NC2CC2)nc1. The number of likely N-dealkylation sites (tertiary alicyclic amines) is 1. The molecule has 0 aromatic carbocycles. The van der Waals surface area contributed by atoms with Crippen molar-refractivity contribution in [2.75, 3.05) is 18.4 Å². The highest BCUT2D eigenvalue weighted by Crippen LogP contribution is 2.31. The molecule has 1 aromatic rings. The van der Waals surface area contributed by atoms with E-state index in [0.717, 1.165) is 5.82 Å². The molecule has 2 fully saturated rings. The molecule has 2 aliphatic rings. The van der Waals surface area contributed by atoms with Crippen LogP contribution in [-0.2, 0) is 0 Å². The van der Waals surface area contributed by atoms with Crippen LogP contribution in [0.3, 0.4) is 0 Å². The van der Waals surface area contributed by atoms with Gasteiger partial charge >= 0.3 is 0 Å². The van der Waals surface area contributed by atoms with Gasteiger partial charge in [0.1, 0.15) is 5.82 Å². The molecule has 0 amide bonds. The van der Waals surface area contributed by atoms with Crippen LogP contribution in [0.2, 0.25) is 0 Å². The van der Waals surface area contributed by atoms with Crippen LogP contribution < -0.4 is 5.32 Å². The Bertz CT molecular complexity index is 411. The van der Waals surface area contributed by atoms with Crippen molar-refractivity contribution in [1.82, 2.24) is 9.88 Å². The lowest BCUT2D eigenvalue weighted by Crippen LogP contribution is -2.34. The summed E-state index contributed by atoms with van der Waals surface area (Å²) in [6, 6.07) is 5.73. The van der Waals surface area contributed by atoms with Crippen LogP contribution in [0.25, 0.3) is 0 Å². The summed E-state index contributed by atoms with van der Waals surface area (Å²) in [7, 11) is 0. The average Bonchev–Trinajstić information content (AvgIpc) is 3.30. The first kappa shape index (κ1) is 13.9. The van der Waals surface area contributed by atoms with E-state index in [4.69, 9.17) is 0 Å². The van der Waals surface area contributed by atoms with E-state index in [1.165, 1.54) is 63.6 Å². The smallest absolute Gasteiger partial charge is 0.126 e. The summed E-state index contributed by atoms with van der Waals surface area (Å²) in [6.07, 6.45) is 11.3. The van der Waals surface area contributed by atoms with Crippen LogP contribution >= 0.6 is 0 Å². The van der Waals surface area contributed by atoms with Gasteiger partial charge in [0, 0.05) is 18.3 Å². The zero-order chi connectivity index (χ0) is 13.8. The number of rotatable bonds is 6. The molecule has 0 spiro atoms. The van der Waals surface area contributed by atoms with E-state index >= 15 is 0 Å². The second-order valence-corrected chi connectivity index (χ2v) is 6.30. The molecule has 3 nitrogen and oxygen atoms in total. The van der Waals surface area contributed by atoms with E-state index in [1.807, 2.05) is 0 Å². The highest BCUT2D eigenvalue weighted by molar-refractivity contribution is 5.38. The van der Waals surface area contributed by atoms with Crippen LogP contribution in [0.5, 0.6) is 0 Å². The maximum Gasteiger partial charge on any atom is 0.126 e. The number of hydrogen-bond donors (Lipinski definition) is 1. The molecule has 0 bridgehead atoms. The van der Waals surface area contributed by atoms with Crippen molar-refractivity contribution in [2.45, 2.75) is 64.0 Å². The minimum absolute atomic E-state index is 0.595. The molecule has 2 heterocycles. The van der Waals surface area contributed by atoms with Gasteiger partial charge in [-0.15, -0.1) is 0 Å². The first-order chi connectivity index (χ1) is 9.86. The quantitative estimate of drug-likeness (QED) is 0.849. The zero-order valence-corrected chi connectivity index (χ0v) is 12.6. The van der Waals surface area contributed by atoms with Gasteiger partial charge < -0.3 is 5.32 Å². The minimum atomic E-state index is 0.595. The largest absolute Gasteiger partial charge is 0.367 e. The molecule has 3 heteroatoms. The summed E-state index contributed by atoms with van der Waals surface area (Å²) in [5.74, 6) is 1.05. The Balaban J connectivity index is 1.65. The van der Waals surface area contributed by atoms with Crippen molar-refractivity contribution >= 4 is 5.82 Å². The van der Waals surface area contributed by atoms with E-state index in [-0.39, 0.29) is 0 Å². The van der Waals surface area contributed by atoms with Gasteiger partial charge in [-0.2, -0.15) is 0 Å². The molecular weight excluding hydrogens is 246 g/mol. The highest BCUT2D eigenvalue weighted by Gasteiger charge is 2.24. The van der Waals surface area contributed by atoms with Crippen molar-refractivity contribution in [3.05, 3.63) is 23.9 Å². The first-order valence-corrected chi connectivity index (χ1v) is 8.33. The van der Waals surface area contributed by atoms with Crippen LogP contribution in [0, 0.1) is 0 Å². The third kappa shape index (κ3) is 3.51. The topological polar surface area (TPSA) is 28.2 Å². The maximum absolute atomic E-state index is 4.61. The number of nitrogens with one attached hydrogen (secondary N) is 1. The summed E-state index contributed by atoms with van der Waals surface area (Å²) in [6.45, 7) is 4.77. The standard InChI is InChI=1S/C17H27N3/c1-2-3-11-20-12-5-4-6-16(20)14-7-10-17(18-13-14)19-15-8-9-15/h7,10,13,15-16H,2-6,8-9,11-12H2,1H3,(H,18,19)/t16-/m0/s1. The van der Waals surface area contributed by atoms with E-state index < -0.39 is 0 Å². The number of nitrogens with zero attached hydrogens (tertiary/aromatic N) is 2. The normalized spacial score (nSPS) is 23.8. The molecule has 1 saturated carbocycles. The Labute approximate surface area is 122 Å². The Hall–Kier alpha value is -1.09. The third-order valence-electron chi connectivity index (χ3n) is 4.51. The van der Waals surface area contributed by atoms with Crippen molar-refractivity contribution in [3.63, 3.8) is 0 Å². The van der Waals surface area contributed by atoms with Crippen LogP contribution in [0.1, 0.15) is 63.5 Å². The zero-order valence-electron chi connectivity index (χ0n) is 12.6. The van der Waals surface area contributed by atoms with E-state index in [0.29, 0.717) is 12.1 Å². The minimum Gasteiger partial charge on any atom is -0.367 e. The molecule has 1 aromatic heterocycles. The number of pyridine rings is 1. The summed E-state index contributed by atoms with van der Waals surface area (Å²) >= 11 is 0. The molecule has 1 saturated heterocycles. The van der Waals surface area contributed by atoms with Crippen LogP contribution in [-0.4, -0.2) is 29.0 Å². The summed E-state index contributed by atoms with van der Waals surface area (Å²) in [5, 5.41) is 3.47. The lowest BCUT2D eigenvalue weighted by Gasteiger charge is -2.36. The van der Waals surface area contributed by atoms with Gasteiger partial charge in [0.25, 0.3) is 0 Å². The second kappa shape index (κ2) is 6.57. The highest BCUT2D eigenvalue weighted by atomic mass is 15.2. The Morgan fingerprint density at radius 3 is 2.85 bits per heavy atom. The van der Waals surface area contributed by atoms with E-state index in [9.17, 15) is 0 Å². The number of unbranched alkanes of at least 4 members (excludes halogenated alkanes) is 1. The predicted octanol–water partition coefficient (Wildman–Crippen LogP) is 3.98. The average molecular weight is 273 g/mol. The number of hydrogen-bond acceptors (Lipinski definition) is 3. The van der Waals surface area contributed by atoms with Gasteiger partial charge in [-0.05, 0) is 56.8 Å². The number of aromatic nitrogens is 1. The number of anilines is 1. The fourth-order valence-electron chi connectivity index (χ4n) is 3.12. The first-order valence-electron chi connectivity index (χ1n) is 8.33. The lowest BCUT2D eigenvalue weighted by atomic mass is 9.96. The van der Waals surface area contributed by atoms with Crippen LogP contribution in [0.4, 0.5) is 5.82 Å². The van der Waals surface area contributed by atoms with E-state index in [2.05, 4.69) is 40.5 Å². The van der Waals surface area contributed by atoms with Crippen molar-refractivity contribution in [2.24, 2.45) is 0 Å². The van der Waals surface area contributed by atoms with Gasteiger partial charge in [0.2, 0.25) is 0 Å². The van der Waals surface area contributed by atoms with Gasteiger partial charge in [-0.3, -0.25) is 4.90 Å². The summed E-state index contributed by atoms with van der Waals surface area (Å²) in [4.78, 5) is 7.28. The molecule has 0 unspecified atom stereocenters. The molecule has 0 radical (unpaired) electrons. The van der Waals surface area contributed by atoms with Gasteiger partial charge in [0.05, 0.1) is 0 Å².